The highest BCUT2D eigenvalue weighted by atomic mass is 32.2. The summed E-state index contributed by atoms with van der Waals surface area (Å²) >= 11 is 1.04. The van der Waals surface area contributed by atoms with Gasteiger partial charge < -0.3 is 4.18 Å². The molecule has 0 aliphatic heterocycles. The Morgan fingerprint density at radius 2 is 2.36 bits per heavy atom. The van der Waals surface area contributed by atoms with Crippen LogP contribution < -0.4 is 0 Å². The fraction of sp³-hybridized carbons (Fsp3) is 0.857. The van der Waals surface area contributed by atoms with E-state index in [0.717, 1.165) is 18.5 Å². The van der Waals surface area contributed by atoms with Crippen LogP contribution in [0.1, 0.15) is 26.2 Å². The molecule has 0 N–H and O–H groups in total. The minimum Gasteiger partial charge on any atom is -0.391 e. The van der Waals surface area contributed by atoms with Gasteiger partial charge >= 0.3 is 5.97 Å². The number of halogens is 1. The summed E-state index contributed by atoms with van der Waals surface area (Å²) in [5.41, 5.74) is 0. The lowest BCUT2D eigenvalue weighted by molar-refractivity contribution is -0.133. The van der Waals surface area contributed by atoms with Crippen molar-refractivity contribution in [3.8, 4) is 0 Å². The van der Waals surface area contributed by atoms with Crippen LogP contribution >= 0.6 is 12.0 Å². The van der Waals surface area contributed by atoms with E-state index in [1.165, 1.54) is 0 Å². The number of rotatable bonds is 6. The lowest BCUT2D eigenvalue weighted by Crippen LogP contribution is -1.98. The van der Waals surface area contributed by atoms with E-state index in [9.17, 15) is 9.18 Å². The molecule has 0 aromatic heterocycles. The van der Waals surface area contributed by atoms with E-state index >= 15 is 0 Å². The van der Waals surface area contributed by atoms with Crippen LogP contribution in [-0.2, 0) is 8.98 Å². The van der Waals surface area contributed by atoms with Crippen LogP contribution in [0.15, 0.2) is 0 Å². The van der Waals surface area contributed by atoms with Gasteiger partial charge in [-0.3, -0.25) is 9.18 Å². The predicted molar refractivity (Wildman–Crippen MR) is 44.1 cm³/mol. The molecule has 0 bridgehead atoms. The summed E-state index contributed by atoms with van der Waals surface area (Å²) in [6, 6.07) is 0. The highest BCUT2D eigenvalue weighted by Gasteiger charge is 2.00. The minimum absolute atomic E-state index is 0.212. The summed E-state index contributed by atoms with van der Waals surface area (Å²) in [6.07, 6.45) is 1.69. The first-order valence-corrected chi connectivity index (χ1v) is 4.60. The van der Waals surface area contributed by atoms with E-state index in [2.05, 4.69) is 0 Å². The Morgan fingerprint density at radius 3 is 2.91 bits per heavy atom. The summed E-state index contributed by atoms with van der Waals surface area (Å²) in [5.74, 6) is 0.336. The van der Waals surface area contributed by atoms with E-state index in [0.29, 0.717) is 18.6 Å². The van der Waals surface area contributed by atoms with Gasteiger partial charge in [-0.2, -0.15) is 0 Å². The topological polar surface area (TPSA) is 26.3 Å². The van der Waals surface area contributed by atoms with Gasteiger partial charge in [-0.25, -0.2) is 0 Å². The molecule has 0 aliphatic rings. The van der Waals surface area contributed by atoms with Crippen molar-refractivity contribution >= 4 is 18.0 Å². The van der Waals surface area contributed by atoms with Crippen LogP contribution in [-0.4, -0.2) is 18.4 Å². The molecule has 0 fully saturated rings. The Kier molecular flexibility index (Phi) is 7.67. The maximum atomic E-state index is 11.5. The molecule has 0 radical (unpaired) electrons. The molecule has 4 heteroatoms. The third kappa shape index (κ3) is 7.65. The van der Waals surface area contributed by atoms with Crippen molar-refractivity contribution in [2.75, 3.05) is 12.4 Å². The van der Waals surface area contributed by atoms with Crippen molar-refractivity contribution in [2.24, 2.45) is 0 Å². The van der Waals surface area contributed by atoms with Crippen molar-refractivity contribution in [1.29, 1.82) is 0 Å². The molecule has 0 unspecified atom stereocenters. The minimum atomic E-state index is -0.349. The molecule has 0 saturated carbocycles. The van der Waals surface area contributed by atoms with Crippen molar-refractivity contribution < 1.29 is 13.4 Å². The zero-order valence-corrected chi connectivity index (χ0v) is 7.45. The van der Waals surface area contributed by atoms with Crippen LogP contribution in [0.25, 0.3) is 0 Å². The molecule has 0 aromatic carbocycles. The lowest BCUT2D eigenvalue weighted by Gasteiger charge is -1.98. The summed E-state index contributed by atoms with van der Waals surface area (Å²) in [7, 11) is 0. The number of alkyl halides is 1. The first-order valence-electron chi connectivity index (χ1n) is 3.69. The third-order valence-electron chi connectivity index (χ3n) is 0.967. The highest BCUT2D eigenvalue weighted by molar-refractivity contribution is 7.95. The van der Waals surface area contributed by atoms with Crippen LogP contribution in [0.5, 0.6) is 0 Å². The average molecular weight is 180 g/mol. The lowest BCUT2D eigenvalue weighted by atomic mass is 10.4. The van der Waals surface area contributed by atoms with Crippen molar-refractivity contribution in [2.45, 2.75) is 26.2 Å². The van der Waals surface area contributed by atoms with Gasteiger partial charge in [0, 0.05) is 12.2 Å². The second kappa shape index (κ2) is 7.85. The zero-order chi connectivity index (χ0) is 8.53. The summed E-state index contributed by atoms with van der Waals surface area (Å²) in [5, 5.41) is 0. The highest BCUT2D eigenvalue weighted by Crippen LogP contribution is 2.06. The van der Waals surface area contributed by atoms with E-state index in [1.807, 2.05) is 6.92 Å². The summed E-state index contributed by atoms with van der Waals surface area (Å²) in [4.78, 5) is 10.7. The van der Waals surface area contributed by atoms with Gasteiger partial charge in [-0.05, 0) is 12.8 Å². The maximum Gasteiger partial charge on any atom is 0.317 e. The number of carbonyl (C=O) groups is 1. The molecule has 66 valence electrons. The third-order valence-corrected chi connectivity index (χ3v) is 1.73. The molecule has 0 rings (SSSR count). The van der Waals surface area contributed by atoms with Gasteiger partial charge in [0.1, 0.15) is 0 Å². The van der Waals surface area contributed by atoms with Crippen LogP contribution in [0.4, 0.5) is 4.39 Å². The normalized spacial score (nSPS) is 9.64. The first kappa shape index (κ1) is 10.8. The van der Waals surface area contributed by atoms with Gasteiger partial charge in [0.05, 0.1) is 18.7 Å². The summed E-state index contributed by atoms with van der Waals surface area (Å²) in [6.45, 7) is 1.56. The monoisotopic (exact) mass is 180 g/mol. The molecule has 2 nitrogen and oxygen atoms in total. The number of carbonyl (C=O) groups excluding carboxylic acids is 1. The molecule has 0 atom stereocenters. The number of hydrogen-bond acceptors (Lipinski definition) is 3. The fourth-order valence-electron chi connectivity index (χ4n) is 0.467. The van der Waals surface area contributed by atoms with E-state index in [4.69, 9.17) is 4.18 Å². The second-order valence-electron chi connectivity index (χ2n) is 2.07. The van der Waals surface area contributed by atoms with Crippen molar-refractivity contribution in [3.05, 3.63) is 0 Å². The Labute approximate surface area is 70.7 Å². The molecule has 0 aliphatic carbocycles. The quantitative estimate of drug-likeness (QED) is 0.463. The smallest absolute Gasteiger partial charge is 0.317 e. The Balaban J connectivity index is 3.04. The average Bonchev–Trinajstić information content (AvgIpc) is 1.99. The van der Waals surface area contributed by atoms with Crippen LogP contribution in [0, 0.1) is 0 Å². The predicted octanol–water partition coefficient (Wildman–Crippen LogP) is 2.34. The van der Waals surface area contributed by atoms with Crippen LogP contribution in [0.3, 0.4) is 0 Å². The maximum absolute atomic E-state index is 11.5. The van der Waals surface area contributed by atoms with Gasteiger partial charge in [-0.15, -0.1) is 0 Å². The van der Waals surface area contributed by atoms with Gasteiger partial charge in [0.15, 0.2) is 0 Å². The Hall–Kier alpha value is -0.250. The molecular formula is C7H13FO2S. The van der Waals surface area contributed by atoms with E-state index < -0.39 is 0 Å². The molecule has 0 heterocycles. The molecule has 0 amide bonds. The Bertz CT molecular complexity index is 109. The van der Waals surface area contributed by atoms with E-state index in [1.54, 1.807) is 0 Å². The summed E-state index contributed by atoms with van der Waals surface area (Å²) < 4.78 is 16.2. The fourth-order valence-corrected chi connectivity index (χ4v) is 0.992. The van der Waals surface area contributed by atoms with E-state index in [-0.39, 0.29) is 12.6 Å². The van der Waals surface area contributed by atoms with Gasteiger partial charge in [0.2, 0.25) is 0 Å². The number of hydrogen-bond donors (Lipinski definition) is 0. The van der Waals surface area contributed by atoms with Gasteiger partial charge in [0.25, 0.3) is 0 Å². The standard InChI is InChI=1S/C7H13FO2S/c1-2-4-7(9)10-11-6-3-5-8/h2-6H2,1H3. The molecular weight excluding hydrogens is 167 g/mol. The Morgan fingerprint density at radius 1 is 1.64 bits per heavy atom. The molecule has 11 heavy (non-hydrogen) atoms. The second-order valence-corrected chi connectivity index (χ2v) is 2.88. The van der Waals surface area contributed by atoms with Crippen molar-refractivity contribution in [1.82, 2.24) is 0 Å². The van der Waals surface area contributed by atoms with Gasteiger partial charge in [-0.1, -0.05) is 6.92 Å². The van der Waals surface area contributed by atoms with Crippen molar-refractivity contribution in [3.63, 3.8) is 0 Å². The SMILES string of the molecule is CCCC(=O)OSCCCF. The largest absolute Gasteiger partial charge is 0.391 e. The zero-order valence-electron chi connectivity index (χ0n) is 6.64. The first-order chi connectivity index (χ1) is 5.31. The molecule has 0 spiro atoms. The van der Waals surface area contributed by atoms with Crippen LogP contribution in [0.2, 0.25) is 0 Å². The molecule has 0 saturated heterocycles. The molecule has 0 aromatic rings.